The Labute approximate surface area is 130 Å². The molecule has 0 aliphatic carbocycles. The van der Waals surface area contributed by atoms with Gasteiger partial charge in [-0.05, 0) is 34.5 Å². The van der Waals surface area contributed by atoms with Gasteiger partial charge in [0, 0.05) is 18.1 Å². The Kier molecular flexibility index (Phi) is 3.84. The van der Waals surface area contributed by atoms with Crippen LogP contribution in [0.25, 0.3) is 10.9 Å². The molecule has 0 aliphatic rings. The van der Waals surface area contributed by atoms with Crippen LogP contribution in [0.2, 0.25) is 0 Å². The molecule has 2 aromatic heterocycles. The molecule has 3 rings (SSSR count). The summed E-state index contributed by atoms with van der Waals surface area (Å²) in [7, 11) is 0. The zero-order chi connectivity index (χ0) is 14.8. The largest absolute Gasteiger partial charge is 0.287 e. The van der Waals surface area contributed by atoms with Gasteiger partial charge in [-0.25, -0.2) is 0 Å². The molecular formula is C16H14BrN3O. The summed E-state index contributed by atoms with van der Waals surface area (Å²) in [5.41, 5.74) is 1.91. The third-order valence-corrected chi connectivity index (χ3v) is 3.90. The second-order valence-electron chi connectivity index (χ2n) is 4.77. The molecule has 4 nitrogen and oxygen atoms in total. The summed E-state index contributed by atoms with van der Waals surface area (Å²) in [4.78, 5) is 17.3. The number of fused-ring (bicyclic) bond motifs is 1. The summed E-state index contributed by atoms with van der Waals surface area (Å²) in [6.07, 6.45) is 4.29. The minimum absolute atomic E-state index is 0.0582. The average Bonchev–Trinajstić information content (AvgIpc) is 2.87. The number of benzene rings is 1. The van der Waals surface area contributed by atoms with E-state index in [-0.39, 0.29) is 5.78 Å². The van der Waals surface area contributed by atoms with Crippen molar-refractivity contribution < 1.29 is 4.79 Å². The van der Waals surface area contributed by atoms with E-state index in [0.717, 1.165) is 17.3 Å². The Balaban J connectivity index is 2.15. The van der Waals surface area contributed by atoms with E-state index in [1.807, 2.05) is 30.3 Å². The first-order valence-electron chi connectivity index (χ1n) is 6.82. The molecule has 0 saturated heterocycles. The SMILES string of the molecule is CCCn1ncc(Br)c1C(=O)c1cccc2cccnc12. The quantitative estimate of drug-likeness (QED) is 0.676. The highest BCUT2D eigenvalue weighted by molar-refractivity contribution is 9.10. The fraction of sp³-hybridized carbons (Fsp3) is 0.188. The lowest BCUT2D eigenvalue weighted by molar-refractivity contribution is 0.102. The molecule has 0 N–H and O–H groups in total. The first-order chi connectivity index (χ1) is 10.2. The number of hydrogen-bond donors (Lipinski definition) is 0. The van der Waals surface area contributed by atoms with E-state index in [1.165, 1.54) is 0 Å². The Morgan fingerprint density at radius 2 is 2.10 bits per heavy atom. The number of aryl methyl sites for hydroxylation is 1. The number of rotatable bonds is 4. The average molecular weight is 344 g/mol. The van der Waals surface area contributed by atoms with Gasteiger partial charge in [-0.1, -0.05) is 25.1 Å². The Morgan fingerprint density at radius 3 is 2.90 bits per heavy atom. The summed E-state index contributed by atoms with van der Waals surface area (Å²) in [6.45, 7) is 2.77. The van der Waals surface area contributed by atoms with Crippen LogP contribution in [0.5, 0.6) is 0 Å². The summed E-state index contributed by atoms with van der Waals surface area (Å²) in [5.74, 6) is -0.0582. The number of carbonyl (C=O) groups is 1. The van der Waals surface area contributed by atoms with Crippen LogP contribution in [-0.4, -0.2) is 20.5 Å². The maximum Gasteiger partial charge on any atom is 0.214 e. The van der Waals surface area contributed by atoms with Crippen molar-refractivity contribution in [3.05, 3.63) is 58.5 Å². The van der Waals surface area contributed by atoms with E-state index in [9.17, 15) is 4.79 Å². The van der Waals surface area contributed by atoms with Crippen LogP contribution in [0, 0.1) is 0 Å². The van der Waals surface area contributed by atoms with Crippen LogP contribution in [0.3, 0.4) is 0 Å². The molecule has 0 spiro atoms. The van der Waals surface area contributed by atoms with Gasteiger partial charge in [-0.15, -0.1) is 0 Å². The number of nitrogens with zero attached hydrogens (tertiary/aromatic N) is 3. The topological polar surface area (TPSA) is 47.8 Å². The highest BCUT2D eigenvalue weighted by Gasteiger charge is 2.20. The molecule has 3 aromatic rings. The van der Waals surface area contributed by atoms with Gasteiger partial charge in [-0.3, -0.25) is 14.5 Å². The van der Waals surface area contributed by atoms with E-state index in [2.05, 4.69) is 32.9 Å². The third-order valence-electron chi connectivity index (χ3n) is 3.32. The normalized spacial score (nSPS) is 11.0. The monoisotopic (exact) mass is 343 g/mol. The van der Waals surface area contributed by atoms with Crippen molar-refractivity contribution in [1.29, 1.82) is 0 Å². The zero-order valence-electron chi connectivity index (χ0n) is 11.6. The lowest BCUT2D eigenvalue weighted by Crippen LogP contribution is -2.12. The zero-order valence-corrected chi connectivity index (χ0v) is 13.2. The number of ketones is 1. The highest BCUT2D eigenvalue weighted by Crippen LogP contribution is 2.24. The number of pyridine rings is 1. The van der Waals surface area contributed by atoms with Crippen LogP contribution >= 0.6 is 15.9 Å². The second-order valence-corrected chi connectivity index (χ2v) is 5.63. The third kappa shape index (κ3) is 2.49. The molecule has 5 heteroatoms. The lowest BCUT2D eigenvalue weighted by atomic mass is 10.0. The molecule has 0 bridgehead atoms. The number of hydrogen-bond acceptors (Lipinski definition) is 3. The Hall–Kier alpha value is -2.01. The maximum atomic E-state index is 12.9. The molecular weight excluding hydrogens is 330 g/mol. The van der Waals surface area contributed by atoms with Crippen molar-refractivity contribution in [3.63, 3.8) is 0 Å². The molecule has 0 aliphatic heterocycles. The minimum Gasteiger partial charge on any atom is -0.287 e. The summed E-state index contributed by atoms with van der Waals surface area (Å²) in [6, 6.07) is 9.47. The molecule has 0 saturated carbocycles. The van der Waals surface area contributed by atoms with Crippen LogP contribution in [0.4, 0.5) is 0 Å². The van der Waals surface area contributed by atoms with Crippen LogP contribution < -0.4 is 0 Å². The molecule has 0 amide bonds. The molecule has 0 fully saturated rings. The van der Waals surface area contributed by atoms with Crippen LogP contribution in [0.1, 0.15) is 29.4 Å². The van der Waals surface area contributed by atoms with Gasteiger partial charge in [0.1, 0.15) is 5.69 Å². The molecule has 0 unspecified atom stereocenters. The molecule has 0 radical (unpaired) electrons. The molecule has 2 heterocycles. The van der Waals surface area contributed by atoms with Gasteiger partial charge in [0.05, 0.1) is 21.7 Å². The lowest BCUT2D eigenvalue weighted by Gasteiger charge is -2.08. The summed E-state index contributed by atoms with van der Waals surface area (Å²) in [5, 5.41) is 5.22. The van der Waals surface area contributed by atoms with Crippen molar-refractivity contribution in [1.82, 2.24) is 14.8 Å². The van der Waals surface area contributed by atoms with Crippen molar-refractivity contribution in [2.45, 2.75) is 19.9 Å². The van der Waals surface area contributed by atoms with Crippen molar-refractivity contribution in [2.75, 3.05) is 0 Å². The standard InChI is InChI=1S/C16H14BrN3O/c1-2-9-20-15(13(17)10-19-20)16(21)12-7-3-5-11-6-4-8-18-14(11)12/h3-8,10H,2,9H2,1H3. The van der Waals surface area contributed by atoms with Gasteiger partial charge in [-0.2, -0.15) is 5.10 Å². The predicted molar refractivity (Wildman–Crippen MR) is 85.4 cm³/mol. The first kappa shape index (κ1) is 13.9. The summed E-state index contributed by atoms with van der Waals surface area (Å²) >= 11 is 3.42. The van der Waals surface area contributed by atoms with Gasteiger partial charge in [0.15, 0.2) is 0 Å². The minimum atomic E-state index is -0.0582. The fourth-order valence-electron chi connectivity index (χ4n) is 2.38. The smallest absolute Gasteiger partial charge is 0.214 e. The van der Waals surface area contributed by atoms with E-state index in [1.54, 1.807) is 17.1 Å². The van der Waals surface area contributed by atoms with E-state index in [4.69, 9.17) is 0 Å². The van der Waals surface area contributed by atoms with Crippen LogP contribution in [-0.2, 0) is 6.54 Å². The van der Waals surface area contributed by atoms with Crippen molar-refractivity contribution in [2.24, 2.45) is 0 Å². The van der Waals surface area contributed by atoms with E-state index >= 15 is 0 Å². The van der Waals surface area contributed by atoms with Gasteiger partial charge in [0.25, 0.3) is 0 Å². The second kappa shape index (κ2) is 5.77. The number of aromatic nitrogens is 3. The van der Waals surface area contributed by atoms with Crippen molar-refractivity contribution >= 4 is 32.6 Å². The predicted octanol–water partition coefficient (Wildman–Crippen LogP) is 3.83. The number of halogens is 1. The first-order valence-corrected chi connectivity index (χ1v) is 7.61. The highest BCUT2D eigenvalue weighted by atomic mass is 79.9. The number of carbonyl (C=O) groups excluding carboxylic acids is 1. The number of para-hydroxylation sites is 1. The summed E-state index contributed by atoms with van der Waals surface area (Å²) < 4.78 is 2.46. The fourth-order valence-corrected chi connectivity index (χ4v) is 2.86. The molecule has 0 atom stereocenters. The Bertz CT molecular complexity index is 805. The van der Waals surface area contributed by atoms with E-state index in [0.29, 0.717) is 22.3 Å². The Morgan fingerprint density at radius 1 is 1.29 bits per heavy atom. The molecule has 106 valence electrons. The van der Waals surface area contributed by atoms with Gasteiger partial charge >= 0.3 is 0 Å². The molecule has 21 heavy (non-hydrogen) atoms. The molecule has 1 aromatic carbocycles. The van der Waals surface area contributed by atoms with Gasteiger partial charge in [0.2, 0.25) is 5.78 Å². The van der Waals surface area contributed by atoms with Crippen molar-refractivity contribution in [3.8, 4) is 0 Å². The van der Waals surface area contributed by atoms with E-state index < -0.39 is 0 Å². The van der Waals surface area contributed by atoms with Gasteiger partial charge < -0.3 is 0 Å². The maximum absolute atomic E-state index is 12.9. The van der Waals surface area contributed by atoms with Crippen LogP contribution in [0.15, 0.2) is 47.2 Å².